The number of carbonyl (C=O) groups excluding carboxylic acids is 1. The van der Waals surface area contributed by atoms with Crippen molar-refractivity contribution in [3.63, 3.8) is 0 Å². The maximum atomic E-state index is 12.7. The van der Waals surface area contributed by atoms with Crippen LogP contribution in [0.3, 0.4) is 0 Å². The maximum Gasteiger partial charge on any atom is 0.174 e. The summed E-state index contributed by atoms with van der Waals surface area (Å²) in [6.45, 7) is 0. The Kier molecular flexibility index (Phi) is 3.03. The summed E-state index contributed by atoms with van der Waals surface area (Å²) in [6, 6.07) is 11.7. The SMILES string of the molecule is Nc1ncccc1C(=O)C1CCCc2ccccc21. The molecule has 2 aromatic rings. The van der Waals surface area contributed by atoms with Gasteiger partial charge in [-0.2, -0.15) is 0 Å². The third-order valence-electron chi connectivity index (χ3n) is 3.79. The first kappa shape index (κ1) is 11.9. The van der Waals surface area contributed by atoms with E-state index >= 15 is 0 Å². The summed E-state index contributed by atoms with van der Waals surface area (Å²) in [7, 11) is 0. The van der Waals surface area contributed by atoms with Crippen LogP contribution in [0.5, 0.6) is 0 Å². The second-order valence-corrected chi connectivity index (χ2v) is 4.94. The molecule has 0 spiro atoms. The third-order valence-corrected chi connectivity index (χ3v) is 3.79. The average molecular weight is 252 g/mol. The molecule has 0 bridgehead atoms. The number of benzene rings is 1. The van der Waals surface area contributed by atoms with E-state index in [9.17, 15) is 4.79 Å². The summed E-state index contributed by atoms with van der Waals surface area (Å²) in [5.41, 5.74) is 8.80. The molecule has 1 atom stereocenters. The number of nitrogen functional groups attached to an aromatic ring is 1. The number of pyridine rings is 1. The first-order chi connectivity index (χ1) is 9.27. The minimum Gasteiger partial charge on any atom is -0.383 e. The maximum absolute atomic E-state index is 12.7. The first-order valence-corrected chi connectivity index (χ1v) is 6.60. The quantitative estimate of drug-likeness (QED) is 0.836. The molecule has 0 saturated carbocycles. The second kappa shape index (κ2) is 4.84. The van der Waals surface area contributed by atoms with Crippen molar-refractivity contribution >= 4 is 11.6 Å². The molecule has 0 saturated heterocycles. The summed E-state index contributed by atoms with van der Waals surface area (Å²) in [5, 5.41) is 0. The van der Waals surface area contributed by atoms with E-state index < -0.39 is 0 Å². The topological polar surface area (TPSA) is 56.0 Å². The Hall–Kier alpha value is -2.16. The fraction of sp³-hybridized carbons (Fsp3) is 0.250. The van der Waals surface area contributed by atoms with Crippen molar-refractivity contribution < 1.29 is 4.79 Å². The van der Waals surface area contributed by atoms with Crippen LogP contribution in [0.2, 0.25) is 0 Å². The zero-order valence-electron chi connectivity index (χ0n) is 10.7. The predicted octanol–water partition coefficient (Wildman–Crippen LogP) is 2.97. The van der Waals surface area contributed by atoms with E-state index in [1.54, 1.807) is 18.3 Å². The van der Waals surface area contributed by atoms with E-state index in [4.69, 9.17) is 5.73 Å². The normalized spacial score (nSPS) is 17.8. The lowest BCUT2D eigenvalue weighted by Gasteiger charge is -2.24. The van der Waals surface area contributed by atoms with Gasteiger partial charge in [0.15, 0.2) is 5.78 Å². The number of hydrogen-bond donors (Lipinski definition) is 1. The van der Waals surface area contributed by atoms with Crippen molar-refractivity contribution in [1.29, 1.82) is 0 Å². The van der Waals surface area contributed by atoms with Gasteiger partial charge < -0.3 is 5.73 Å². The van der Waals surface area contributed by atoms with Gasteiger partial charge in [-0.05, 0) is 42.5 Å². The van der Waals surface area contributed by atoms with Crippen LogP contribution in [0.1, 0.15) is 40.2 Å². The molecular weight excluding hydrogens is 236 g/mol. The summed E-state index contributed by atoms with van der Waals surface area (Å²) >= 11 is 0. The Balaban J connectivity index is 2.00. The molecule has 1 aliphatic rings. The monoisotopic (exact) mass is 252 g/mol. The molecular formula is C16H16N2O. The number of Topliss-reactive ketones (excluding diaryl/α,β-unsaturated/α-hetero) is 1. The number of aromatic nitrogens is 1. The Bertz CT molecular complexity index is 622. The standard InChI is InChI=1S/C16H16N2O/c17-16-14(9-4-10-18-16)15(19)13-8-3-6-11-5-1-2-7-12(11)13/h1-2,4-5,7,9-10,13H,3,6,8H2,(H2,17,18). The molecule has 1 aliphatic carbocycles. The van der Waals surface area contributed by atoms with E-state index in [2.05, 4.69) is 17.1 Å². The lowest BCUT2D eigenvalue weighted by molar-refractivity contribution is 0.0951. The predicted molar refractivity (Wildman–Crippen MR) is 75.1 cm³/mol. The highest BCUT2D eigenvalue weighted by Gasteiger charge is 2.28. The van der Waals surface area contributed by atoms with Crippen LogP contribution < -0.4 is 5.73 Å². The molecule has 3 nitrogen and oxygen atoms in total. The zero-order chi connectivity index (χ0) is 13.2. The Labute approximate surface area is 112 Å². The molecule has 1 aromatic carbocycles. The van der Waals surface area contributed by atoms with Crippen molar-refractivity contribution in [2.45, 2.75) is 25.2 Å². The Morgan fingerprint density at radius 3 is 2.89 bits per heavy atom. The lowest BCUT2D eigenvalue weighted by atomic mass is 9.79. The molecule has 1 heterocycles. The number of ketones is 1. The number of rotatable bonds is 2. The number of carbonyl (C=O) groups is 1. The van der Waals surface area contributed by atoms with Gasteiger partial charge >= 0.3 is 0 Å². The van der Waals surface area contributed by atoms with Gasteiger partial charge in [0.2, 0.25) is 0 Å². The zero-order valence-corrected chi connectivity index (χ0v) is 10.7. The Morgan fingerprint density at radius 1 is 1.21 bits per heavy atom. The highest BCUT2D eigenvalue weighted by Crippen LogP contribution is 2.34. The highest BCUT2D eigenvalue weighted by atomic mass is 16.1. The molecule has 1 unspecified atom stereocenters. The summed E-state index contributed by atoms with van der Waals surface area (Å²) in [5.74, 6) is 0.352. The van der Waals surface area contributed by atoms with Crippen LogP contribution in [0.25, 0.3) is 0 Å². The molecule has 0 radical (unpaired) electrons. The second-order valence-electron chi connectivity index (χ2n) is 4.94. The summed E-state index contributed by atoms with van der Waals surface area (Å²) in [6.07, 6.45) is 4.61. The van der Waals surface area contributed by atoms with Gasteiger partial charge in [-0.1, -0.05) is 24.3 Å². The number of anilines is 1. The largest absolute Gasteiger partial charge is 0.383 e. The molecule has 3 heteroatoms. The number of hydrogen-bond acceptors (Lipinski definition) is 3. The molecule has 1 aromatic heterocycles. The van der Waals surface area contributed by atoms with Crippen molar-refractivity contribution in [3.8, 4) is 0 Å². The molecule has 2 N–H and O–H groups in total. The molecule has 96 valence electrons. The van der Waals surface area contributed by atoms with E-state index in [0.29, 0.717) is 11.4 Å². The molecule has 19 heavy (non-hydrogen) atoms. The van der Waals surface area contributed by atoms with Gasteiger partial charge in [0, 0.05) is 12.1 Å². The molecule has 3 rings (SSSR count). The van der Waals surface area contributed by atoms with Crippen molar-refractivity contribution in [3.05, 3.63) is 59.3 Å². The van der Waals surface area contributed by atoms with Crippen molar-refractivity contribution in [2.24, 2.45) is 0 Å². The number of fused-ring (bicyclic) bond motifs is 1. The first-order valence-electron chi connectivity index (χ1n) is 6.60. The van der Waals surface area contributed by atoms with Crippen LogP contribution in [0.15, 0.2) is 42.6 Å². The van der Waals surface area contributed by atoms with Gasteiger partial charge in [-0.15, -0.1) is 0 Å². The summed E-state index contributed by atoms with van der Waals surface area (Å²) in [4.78, 5) is 16.7. The van der Waals surface area contributed by atoms with Crippen LogP contribution in [0.4, 0.5) is 5.82 Å². The van der Waals surface area contributed by atoms with Gasteiger partial charge in [-0.3, -0.25) is 4.79 Å². The summed E-state index contributed by atoms with van der Waals surface area (Å²) < 4.78 is 0. The third kappa shape index (κ3) is 2.12. The number of nitrogens with zero attached hydrogens (tertiary/aromatic N) is 1. The van der Waals surface area contributed by atoms with Crippen LogP contribution in [0, 0.1) is 0 Å². The fourth-order valence-electron chi connectivity index (χ4n) is 2.84. The van der Waals surface area contributed by atoms with E-state index in [1.807, 2.05) is 12.1 Å². The van der Waals surface area contributed by atoms with Crippen molar-refractivity contribution in [1.82, 2.24) is 4.98 Å². The number of aryl methyl sites for hydroxylation is 1. The van der Waals surface area contributed by atoms with E-state index in [0.717, 1.165) is 24.8 Å². The van der Waals surface area contributed by atoms with Gasteiger partial charge in [0.05, 0.1) is 5.56 Å². The molecule has 0 fully saturated rings. The lowest BCUT2D eigenvalue weighted by Crippen LogP contribution is -2.20. The van der Waals surface area contributed by atoms with Gasteiger partial charge in [0.25, 0.3) is 0 Å². The smallest absolute Gasteiger partial charge is 0.174 e. The van der Waals surface area contributed by atoms with Gasteiger partial charge in [0.1, 0.15) is 5.82 Å². The van der Waals surface area contributed by atoms with E-state index in [-0.39, 0.29) is 11.7 Å². The Morgan fingerprint density at radius 2 is 2.05 bits per heavy atom. The fourth-order valence-corrected chi connectivity index (χ4v) is 2.84. The van der Waals surface area contributed by atoms with Crippen molar-refractivity contribution in [2.75, 3.05) is 5.73 Å². The minimum atomic E-state index is -0.0727. The number of nitrogens with two attached hydrogens (primary N) is 1. The molecule has 0 aliphatic heterocycles. The van der Waals surface area contributed by atoms with Gasteiger partial charge in [-0.25, -0.2) is 4.98 Å². The average Bonchev–Trinajstić information content (AvgIpc) is 2.46. The van der Waals surface area contributed by atoms with Crippen LogP contribution in [-0.2, 0) is 6.42 Å². The highest BCUT2D eigenvalue weighted by molar-refractivity contribution is 6.04. The molecule has 0 amide bonds. The van der Waals surface area contributed by atoms with Crippen LogP contribution >= 0.6 is 0 Å². The van der Waals surface area contributed by atoms with Crippen LogP contribution in [-0.4, -0.2) is 10.8 Å². The minimum absolute atomic E-state index is 0.0727. The van der Waals surface area contributed by atoms with E-state index in [1.165, 1.54) is 5.56 Å².